The first-order valence-electron chi connectivity index (χ1n) is 6.63. The number of hydrogen-bond donors (Lipinski definition) is 1. The molecule has 0 saturated carbocycles. The molecule has 0 fully saturated rings. The van der Waals surface area contributed by atoms with Gasteiger partial charge in [-0.15, -0.1) is 0 Å². The highest BCUT2D eigenvalue weighted by Crippen LogP contribution is 2.27. The van der Waals surface area contributed by atoms with Crippen LogP contribution >= 0.6 is 11.6 Å². The minimum Gasteiger partial charge on any atom is -0.388 e. The Morgan fingerprint density at radius 2 is 2.05 bits per heavy atom. The molecular formula is C14H19ClN4O. The molecule has 0 spiro atoms. The first kappa shape index (κ1) is 14.9. The van der Waals surface area contributed by atoms with Crippen LogP contribution in [0.5, 0.6) is 0 Å². The van der Waals surface area contributed by atoms with Crippen LogP contribution < -0.4 is 0 Å². The fraction of sp³-hybridized carbons (Fsp3) is 0.500. The minimum absolute atomic E-state index is 0.411. The van der Waals surface area contributed by atoms with Crippen molar-refractivity contribution in [1.29, 1.82) is 0 Å². The van der Waals surface area contributed by atoms with E-state index in [4.69, 9.17) is 11.6 Å². The molecule has 0 bridgehead atoms. The van der Waals surface area contributed by atoms with Crippen LogP contribution in [-0.2, 0) is 19.9 Å². The van der Waals surface area contributed by atoms with Gasteiger partial charge in [0.2, 0.25) is 0 Å². The second-order valence-electron chi connectivity index (χ2n) is 4.93. The van der Waals surface area contributed by atoms with Crippen molar-refractivity contribution in [3.05, 3.63) is 39.4 Å². The van der Waals surface area contributed by atoms with Crippen LogP contribution in [0.1, 0.15) is 41.4 Å². The Morgan fingerprint density at radius 3 is 2.65 bits per heavy atom. The Balaban J connectivity index is 2.30. The minimum atomic E-state index is -0.665. The fourth-order valence-corrected chi connectivity index (χ4v) is 2.61. The Hall–Kier alpha value is -1.46. The molecule has 0 amide bonds. The molecule has 0 aromatic carbocycles. The van der Waals surface area contributed by atoms with Gasteiger partial charge in [-0.3, -0.25) is 4.68 Å². The third-order valence-corrected chi connectivity index (χ3v) is 3.82. The van der Waals surface area contributed by atoms with E-state index in [1.54, 1.807) is 4.68 Å². The Kier molecular flexibility index (Phi) is 4.40. The van der Waals surface area contributed by atoms with E-state index in [2.05, 4.69) is 15.3 Å². The normalized spacial score (nSPS) is 12.7. The second kappa shape index (κ2) is 5.89. The average Bonchev–Trinajstić information content (AvgIpc) is 2.68. The van der Waals surface area contributed by atoms with E-state index < -0.39 is 6.10 Å². The molecule has 6 heteroatoms. The van der Waals surface area contributed by atoms with Gasteiger partial charge in [-0.1, -0.05) is 18.5 Å². The molecule has 0 saturated heterocycles. The van der Waals surface area contributed by atoms with Gasteiger partial charge in [0, 0.05) is 19.0 Å². The van der Waals surface area contributed by atoms with Crippen molar-refractivity contribution in [1.82, 2.24) is 20.0 Å². The van der Waals surface area contributed by atoms with Crippen LogP contribution in [0.2, 0.25) is 5.02 Å². The zero-order valence-electron chi connectivity index (χ0n) is 12.2. The van der Waals surface area contributed by atoms with Gasteiger partial charge < -0.3 is 5.11 Å². The number of aliphatic hydroxyl groups is 1. The first-order valence-corrected chi connectivity index (χ1v) is 7.01. The maximum absolute atomic E-state index is 10.4. The first-order chi connectivity index (χ1) is 9.43. The number of aromatic nitrogens is 4. The van der Waals surface area contributed by atoms with Crippen molar-refractivity contribution in [2.45, 2.75) is 39.7 Å². The molecule has 2 aromatic rings. The van der Waals surface area contributed by atoms with Gasteiger partial charge in [0.1, 0.15) is 0 Å². The van der Waals surface area contributed by atoms with Crippen molar-refractivity contribution in [3.63, 3.8) is 0 Å². The topological polar surface area (TPSA) is 63.8 Å². The number of aryl methyl sites for hydroxylation is 4. The van der Waals surface area contributed by atoms with E-state index in [-0.39, 0.29) is 0 Å². The van der Waals surface area contributed by atoms with Gasteiger partial charge in [0.05, 0.1) is 33.9 Å². The lowest BCUT2D eigenvalue weighted by Gasteiger charge is -2.13. The highest BCUT2D eigenvalue weighted by molar-refractivity contribution is 6.31. The molecule has 0 aliphatic carbocycles. The third kappa shape index (κ3) is 2.83. The predicted octanol–water partition coefficient (Wildman–Crippen LogP) is 2.32. The summed E-state index contributed by atoms with van der Waals surface area (Å²) in [5.41, 5.74) is 4.00. The van der Waals surface area contributed by atoms with Gasteiger partial charge in [0.15, 0.2) is 0 Å². The van der Waals surface area contributed by atoms with Crippen molar-refractivity contribution in [2.75, 3.05) is 0 Å². The number of nitrogens with zero attached hydrogens (tertiary/aromatic N) is 4. The van der Waals surface area contributed by atoms with Crippen molar-refractivity contribution >= 4 is 11.6 Å². The third-order valence-electron chi connectivity index (χ3n) is 3.39. The maximum Gasteiger partial charge on any atom is 0.0864 e. The lowest BCUT2D eigenvalue weighted by Crippen LogP contribution is -2.10. The van der Waals surface area contributed by atoms with Crippen LogP contribution in [0.25, 0.3) is 0 Å². The van der Waals surface area contributed by atoms with Crippen molar-refractivity contribution in [2.24, 2.45) is 7.05 Å². The number of halogens is 1. The van der Waals surface area contributed by atoms with Crippen LogP contribution in [0.3, 0.4) is 0 Å². The van der Waals surface area contributed by atoms with Crippen molar-refractivity contribution < 1.29 is 5.11 Å². The summed E-state index contributed by atoms with van der Waals surface area (Å²) in [4.78, 5) is 0. The largest absolute Gasteiger partial charge is 0.388 e. The molecule has 0 aliphatic heterocycles. The molecule has 1 N–H and O–H groups in total. The van der Waals surface area contributed by atoms with E-state index >= 15 is 0 Å². The number of aliphatic hydroxyl groups excluding tert-OH is 1. The molecule has 0 aliphatic rings. The molecule has 2 rings (SSSR count). The molecule has 5 nitrogen and oxygen atoms in total. The second-order valence-corrected chi connectivity index (χ2v) is 5.31. The quantitative estimate of drug-likeness (QED) is 0.940. The lowest BCUT2D eigenvalue weighted by molar-refractivity contribution is 0.174. The molecule has 1 unspecified atom stereocenters. The maximum atomic E-state index is 10.4. The summed E-state index contributed by atoms with van der Waals surface area (Å²) in [6.45, 7) is 5.71. The summed E-state index contributed by atoms with van der Waals surface area (Å²) < 4.78 is 1.74. The van der Waals surface area contributed by atoms with E-state index in [1.165, 1.54) is 0 Å². The van der Waals surface area contributed by atoms with Crippen LogP contribution in [0.15, 0.2) is 6.07 Å². The summed E-state index contributed by atoms with van der Waals surface area (Å²) in [6.07, 6.45) is 0.522. The lowest BCUT2D eigenvalue weighted by atomic mass is 10.0. The molecular weight excluding hydrogens is 276 g/mol. The van der Waals surface area contributed by atoms with Crippen LogP contribution in [0, 0.1) is 13.8 Å². The molecule has 108 valence electrons. The fourth-order valence-electron chi connectivity index (χ4n) is 2.24. The van der Waals surface area contributed by atoms with Gasteiger partial charge in [0.25, 0.3) is 0 Å². The Morgan fingerprint density at radius 1 is 1.35 bits per heavy atom. The van der Waals surface area contributed by atoms with E-state index in [9.17, 15) is 5.11 Å². The standard InChI is InChI=1S/C14H19ClN4O/c1-5-11-14(15)12(19(4)18-11)7-13(20)10-6-8(2)16-17-9(10)3/h6,13,20H,5,7H2,1-4H3. The van der Waals surface area contributed by atoms with E-state index in [0.29, 0.717) is 11.4 Å². The summed E-state index contributed by atoms with van der Waals surface area (Å²) >= 11 is 6.31. The highest BCUT2D eigenvalue weighted by Gasteiger charge is 2.19. The molecule has 0 radical (unpaired) electrons. The zero-order chi connectivity index (χ0) is 14.9. The summed E-state index contributed by atoms with van der Waals surface area (Å²) in [5.74, 6) is 0. The van der Waals surface area contributed by atoms with Gasteiger partial charge in [-0.2, -0.15) is 15.3 Å². The van der Waals surface area contributed by atoms with Crippen LogP contribution in [0.4, 0.5) is 0 Å². The molecule has 1 atom stereocenters. The molecule has 20 heavy (non-hydrogen) atoms. The zero-order valence-corrected chi connectivity index (χ0v) is 12.9. The monoisotopic (exact) mass is 294 g/mol. The smallest absolute Gasteiger partial charge is 0.0864 e. The summed E-state index contributed by atoms with van der Waals surface area (Å²) in [7, 11) is 1.84. The predicted molar refractivity (Wildman–Crippen MR) is 77.8 cm³/mol. The van der Waals surface area contributed by atoms with Gasteiger partial charge in [-0.25, -0.2) is 0 Å². The number of hydrogen-bond acceptors (Lipinski definition) is 4. The highest BCUT2D eigenvalue weighted by atomic mass is 35.5. The SMILES string of the molecule is CCc1nn(C)c(CC(O)c2cc(C)nnc2C)c1Cl. The Labute approximate surface area is 123 Å². The average molecular weight is 295 g/mol. The van der Waals surface area contributed by atoms with E-state index in [0.717, 1.165) is 34.8 Å². The Bertz CT molecular complexity index is 624. The van der Waals surface area contributed by atoms with Gasteiger partial charge in [-0.05, 0) is 26.3 Å². The van der Waals surface area contributed by atoms with Gasteiger partial charge >= 0.3 is 0 Å². The van der Waals surface area contributed by atoms with Crippen molar-refractivity contribution in [3.8, 4) is 0 Å². The summed E-state index contributed by atoms with van der Waals surface area (Å²) in [6, 6.07) is 1.86. The summed E-state index contributed by atoms with van der Waals surface area (Å²) in [5, 5.41) is 23.5. The van der Waals surface area contributed by atoms with Crippen LogP contribution in [-0.4, -0.2) is 25.1 Å². The number of rotatable bonds is 4. The van der Waals surface area contributed by atoms with E-state index in [1.807, 2.05) is 33.9 Å². The molecule has 2 aromatic heterocycles. The molecule has 2 heterocycles.